The largest absolute Gasteiger partial charge is 0.360 e. The Morgan fingerprint density at radius 3 is 2.73 bits per heavy atom. The average Bonchev–Trinajstić information content (AvgIpc) is 2.81. The fourth-order valence-electron chi connectivity index (χ4n) is 1.83. The normalized spacial score (nSPS) is 12.0. The number of benzene rings is 1. The van der Waals surface area contributed by atoms with Crippen LogP contribution in [0.1, 0.15) is 25.8 Å². The van der Waals surface area contributed by atoms with Gasteiger partial charge in [0.05, 0.1) is 6.54 Å². The van der Waals surface area contributed by atoms with Gasteiger partial charge >= 0.3 is 0 Å². The molecule has 0 amide bonds. The van der Waals surface area contributed by atoms with E-state index in [2.05, 4.69) is 29.6 Å². The van der Waals surface area contributed by atoms with E-state index in [1.54, 1.807) is 10.9 Å². The average molecular weight is 357 g/mol. The van der Waals surface area contributed by atoms with Crippen LogP contribution < -0.4 is 10.6 Å². The third kappa shape index (κ3) is 4.60. The van der Waals surface area contributed by atoms with Crippen LogP contribution in [0.25, 0.3) is 0 Å². The molecule has 1 heterocycles. The number of hydrogen-bond acceptors (Lipinski definition) is 2. The predicted molar refractivity (Wildman–Crippen MR) is 96.9 cm³/mol. The van der Waals surface area contributed by atoms with Gasteiger partial charge in [-0.2, -0.15) is 5.10 Å². The highest BCUT2D eigenvalue weighted by molar-refractivity contribution is 7.80. The first-order chi connectivity index (χ1) is 10.5. The van der Waals surface area contributed by atoms with Gasteiger partial charge in [0.25, 0.3) is 0 Å². The maximum Gasteiger partial charge on any atom is 0.173 e. The van der Waals surface area contributed by atoms with Crippen LogP contribution in [0.15, 0.2) is 30.5 Å². The summed E-state index contributed by atoms with van der Waals surface area (Å²) in [6.45, 7) is 4.70. The van der Waals surface area contributed by atoms with Gasteiger partial charge in [0.15, 0.2) is 10.9 Å². The second-order valence-electron chi connectivity index (χ2n) is 5.02. The molecular weight excluding hydrogens is 339 g/mol. The number of anilines is 1. The Kier molecular flexibility index (Phi) is 6.06. The molecule has 0 bridgehead atoms. The van der Waals surface area contributed by atoms with E-state index in [1.807, 2.05) is 24.3 Å². The van der Waals surface area contributed by atoms with E-state index in [-0.39, 0.29) is 0 Å². The van der Waals surface area contributed by atoms with E-state index in [9.17, 15) is 0 Å². The number of halogens is 2. The lowest BCUT2D eigenvalue weighted by atomic mass is 10.2. The van der Waals surface area contributed by atoms with Crippen LogP contribution in [0.2, 0.25) is 10.0 Å². The molecule has 1 unspecified atom stereocenters. The first-order valence-corrected chi connectivity index (χ1v) is 8.20. The smallest absolute Gasteiger partial charge is 0.173 e. The van der Waals surface area contributed by atoms with Crippen molar-refractivity contribution < 1.29 is 0 Å². The summed E-state index contributed by atoms with van der Waals surface area (Å²) in [5, 5.41) is 12.3. The molecule has 0 saturated carbocycles. The highest BCUT2D eigenvalue weighted by atomic mass is 35.5. The molecule has 0 aliphatic carbocycles. The zero-order valence-corrected chi connectivity index (χ0v) is 14.8. The van der Waals surface area contributed by atoms with E-state index in [0.29, 0.717) is 33.6 Å². The van der Waals surface area contributed by atoms with Crippen LogP contribution in [-0.4, -0.2) is 20.9 Å². The third-order valence-corrected chi connectivity index (χ3v) is 4.09. The first kappa shape index (κ1) is 17.1. The summed E-state index contributed by atoms with van der Waals surface area (Å²) in [5.74, 6) is 0.537. The van der Waals surface area contributed by atoms with Gasteiger partial charge in [-0.15, -0.1) is 0 Å². The van der Waals surface area contributed by atoms with Crippen molar-refractivity contribution in [1.82, 2.24) is 15.1 Å². The fourth-order valence-corrected chi connectivity index (χ4v) is 2.52. The van der Waals surface area contributed by atoms with E-state index < -0.39 is 0 Å². The van der Waals surface area contributed by atoms with Crippen molar-refractivity contribution in [2.24, 2.45) is 0 Å². The van der Waals surface area contributed by atoms with Gasteiger partial charge in [-0.05, 0) is 37.2 Å². The van der Waals surface area contributed by atoms with Crippen molar-refractivity contribution in [1.29, 1.82) is 0 Å². The topological polar surface area (TPSA) is 41.9 Å². The summed E-state index contributed by atoms with van der Waals surface area (Å²) >= 11 is 17.6. The minimum absolute atomic E-state index is 0.295. The molecule has 22 heavy (non-hydrogen) atoms. The van der Waals surface area contributed by atoms with Crippen LogP contribution in [0, 0.1) is 0 Å². The van der Waals surface area contributed by atoms with Gasteiger partial charge in [-0.25, -0.2) is 0 Å². The van der Waals surface area contributed by atoms with Crippen molar-refractivity contribution in [3.63, 3.8) is 0 Å². The Morgan fingerprint density at radius 1 is 1.32 bits per heavy atom. The number of aromatic nitrogens is 2. The number of rotatable bonds is 5. The van der Waals surface area contributed by atoms with Crippen molar-refractivity contribution in [3.8, 4) is 0 Å². The van der Waals surface area contributed by atoms with Crippen molar-refractivity contribution >= 4 is 46.4 Å². The Balaban J connectivity index is 2.05. The SMILES string of the molecule is CCC(C)NC(=S)Nc1nn(Cc2ccccc2Cl)cc1Cl. The standard InChI is InChI=1S/C15H18Cl2N4S/c1-3-10(2)18-15(22)19-14-13(17)9-21(20-14)8-11-6-4-5-7-12(11)16/h4-7,9-10H,3,8H2,1-2H3,(H2,18,19,20,22). The molecule has 0 radical (unpaired) electrons. The Hall–Kier alpha value is -1.30. The summed E-state index contributed by atoms with van der Waals surface area (Å²) in [5.41, 5.74) is 0.982. The van der Waals surface area contributed by atoms with Crippen molar-refractivity contribution in [2.75, 3.05) is 5.32 Å². The molecule has 0 spiro atoms. The highest BCUT2D eigenvalue weighted by Gasteiger charge is 2.10. The van der Waals surface area contributed by atoms with Crippen LogP contribution in [0.4, 0.5) is 5.82 Å². The molecular formula is C15H18Cl2N4S. The molecule has 2 aromatic rings. The quantitative estimate of drug-likeness (QED) is 0.782. The summed E-state index contributed by atoms with van der Waals surface area (Å²) < 4.78 is 1.73. The zero-order chi connectivity index (χ0) is 16.1. The minimum atomic E-state index is 0.295. The summed E-state index contributed by atoms with van der Waals surface area (Å²) in [6.07, 6.45) is 2.73. The summed E-state index contributed by atoms with van der Waals surface area (Å²) in [6, 6.07) is 7.95. The molecule has 0 aliphatic heterocycles. The Bertz CT molecular complexity index is 657. The molecule has 7 heteroatoms. The van der Waals surface area contributed by atoms with Gasteiger partial charge in [0.2, 0.25) is 0 Å². The van der Waals surface area contributed by atoms with Gasteiger partial charge < -0.3 is 10.6 Å². The molecule has 0 saturated heterocycles. The molecule has 2 N–H and O–H groups in total. The molecule has 1 aromatic heterocycles. The molecule has 1 aromatic carbocycles. The van der Waals surface area contributed by atoms with Gasteiger partial charge in [-0.1, -0.05) is 48.3 Å². The van der Waals surface area contributed by atoms with Crippen LogP contribution >= 0.6 is 35.4 Å². The predicted octanol–water partition coefficient (Wildman–Crippen LogP) is 4.32. The first-order valence-electron chi connectivity index (χ1n) is 7.03. The highest BCUT2D eigenvalue weighted by Crippen LogP contribution is 2.22. The van der Waals surface area contributed by atoms with E-state index >= 15 is 0 Å². The van der Waals surface area contributed by atoms with Crippen LogP contribution in [0.3, 0.4) is 0 Å². The summed E-state index contributed by atoms with van der Waals surface area (Å²) in [4.78, 5) is 0. The maximum atomic E-state index is 6.20. The van der Waals surface area contributed by atoms with Gasteiger partial charge in [-0.3, -0.25) is 4.68 Å². The molecule has 1 atom stereocenters. The molecule has 0 aliphatic rings. The van der Waals surface area contributed by atoms with Gasteiger partial charge in [0.1, 0.15) is 5.02 Å². The number of nitrogens with zero attached hydrogens (tertiary/aromatic N) is 2. The second-order valence-corrected chi connectivity index (χ2v) is 6.25. The zero-order valence-electron chi connectivity index (χ0n) is 12.4. The van der Waals surface area contributed by atoms with Crippen molar-refractivity contribution in [2.45, 2.75) is 32.9 Å². The molecule has 2 rings (SSSR count). The van der Waals surface area contributed by atoms with Crippen LogP contribution in [0.5, 0.6) is 0 Å². The Morgan fingerprint density at radius 2 is 2.05 bits per heavy atom. The fraction of sp³-hybridized carbons (Fsp3) is 0.333. The number of hydrogen-bond donors (Lipinski definition) is 2. The van der Waals surface area contributed by atoms with Gasteiger partial charge in [0, 0.05) is 17.3 Å². The lowest BCUT2D eigenvalue weighted by Gasteiger charge is -2.14. The minimum Gasteiger partial charge on any atom is -0.360 e. The molecule has 0 fully saturated rings. The van der Waals surface area contributed by atoms with Crippen LogP contribution in [-0.2, 0) is 6.54 Å². The summed E-state index contributed by atoms with van der Waals surface area (Å²) in [7, 11) is 0. The lowest BCUT2D eigenvalue weighted by molar-refractivity contribution is 0.645. The second kappa shape index (κ2) is 7.81. The van der Waals surface area contributed by atoms with E-state index in [1.165, 1.54) is 0 Å². The molecule has 4 nitrogen and oxygen atoms in total. The van der Waals surface area contributed by atoms with E-state index in [0.717, 1.165) is 12.0 Å². The maximum absolute atomic E-state index is 6.20. The molecule has 118 valence electrons. The Labute approximate surface area is 145 Å². The monoisotopic (exact) mass is 356 g/mol. The van der Waals surface area contributed by atoms with E-state index in [4.69, 9.17) is 35.4 Å². The van der Waals surface area contributed by atoms with Crippen molar-refractivity contribution in [3.05, 3.63) is 46.1 Å². The number of nitrogens with one attached hydrogen (secondary N) is 2. The lowest BCUT2D eigenvalue weighted by Crippen LogP contribution is -2.35. The number of thiocarbonyl (C=S) groups is 1. The third-order valence-electron chi connectivity index (χ3n) is 3.23.